The molecule has 1 atom stereocenters. The molecule has 5 heteroatoms. The minimum Gasteiger partial charge on any atom is -0.338 e. The molecule has 1 aliphatic carbocycles. The third-order valence-corrected chi connectivity index (χ3v) is 4.07. The summed E-state index contributed by atoms with van der Waals surface area (Å²) in [5.74, 6) is 2.87. The number of carbonyl (C=O) groups is 1. The van der Waals surface area contributed by atoms with Gasteiger partial charge in [0.1, 0.15) is 0 Å². The first-order valence-electron chi connectivity index (χ1n) is 7.66. The summed E-state index contributed by atoms with van der Waals surface area (Å²) < 4.78 is 5.02. The Labute approximate surface area is 135 Å². The summed E-state index contributed by atoms with van der Waals surface area (Å²) in [4.78, 5) is 14.3. The number of rotatable bonds is 5. The van der Waals surface area contributed by atoms with Gasteiger partial charge >= 0.3 is 0 Å². The molecule has 1 heterocycles. The van der Waals surface area contributed by atoms with Crippen LogP contribution in [0.25, 0.3) is 0 Å². The average Bonchev–Trinajstić information content (AvgIpc) is 3.13. The largest absolute Gasteiger partial charge is 0.338 e. The molecule has 0 bridgehead atoms. The van der Waals surface area contributed by atoms with Gasteiger partial charge in [0.05, 0.1) is 18.8 Å². The number of amides is 1. The van der Waals surface area contributed by atoms with Crippen LogP contribution in [0.4, 0.5) is 5.88 Å². The fourth-order valence-corrected chi connectivity index (χ4v) is 3.09. The molecular weight excluding hydrogens is 290 g/mol. The molecule has 118 valence electrons. The molecule has 0 saturated heterocycles. The zero-order chi connectivity index (χ0) is 16.2. The lowest BCUT2D eigenvalue weighted by atomic mass is 10.1. The Morgan fingerprint density at radius 1 is 1.52 bits per heavy atom. The van der Waals surface area contributed by atoms with Gasteiger partial charge in [0.25, 0.3) is 0 Å². The number of hydrogen-bond donors (Lipinski definition) is 1. The number of aromatic nitrogens is 1. The van der Waals surface area contributed by atoms with Crippen LogP contribution < -0.4 is 5.32 Å². The van der Waals surface area contributed by atoms with Gasteiger partial charge in [0, 0.05) is 12.1 Å². The van der Waals surface area contributed by atoms with E-state index in [4.69, 9.17) is 10.9 Å². The van der Waals surface area contributed by atoms with E-state index in [0.29, 0.717) is 12.4 Å². The van der Waals surface area contributed by atoms with E-state index in [9.17, 15) is 4.79 Å². The second kappa shape index (κ2) is 6.67. The second-order valence-corrected chi connectivity index (χ2v) is 5.74. The van der Waals surface area contributed by atoms with Gasteiger partial charge in [-0.2, -0.15) is 0 Å². The number of aryl methyl sites for hydroxylation is 2. The molecule has 1 amide bonds. The van der Waals surface area contributed by atoms with Crippen LogP contribution in [0.3, 0.4) is 0 Å². The molecule has 23 heavy (non-hydrogen) atoms. The minimum atomic E-state index is -0.152. The highest BCUT2D eigenvalue weighted by molar-refractivity contribution is 5.91. The molecule has 1 aliphatic rings. The van der Waals surface area contributed by atoms with E-state index in [1.165, 1.54) is 11.1 Å². The molecule has 2 aromatic rings. The van der Waals surface area contributed by atoms with Gasteiger partial charge < -0.3 is 4.52 Å². The molecule has 0 aliphatic heterocycles. The van der Waals surface area contributed by atoms with E-state index in [-0.39, 0.29) is 18.5 Å². The van der Waals surface area contributed by atoms with E-state index in [2.05, 4.69) is 28.5 Å². The van der Waals surface area contributed by atoms with Crippen molar-refractivity contribution in [2.24, 2.45) is 0 Å². The van der Waals surface area contributed by atoms with Crippen LogP contribution in [-0.4, -0.2) is 29.1 Å². The van der Waals surface area contributed by atoms with Crippen LogP contribution in [0.15, 0.2) is 34.9 Å². The molecule has 0 unspecified atom stereocenters. The number of fused-ring (bicyclic) bond motifs is 1. The third-order valence-electron chi connectivity index (χ3n) is 4.07. The SMILES string of the molecule is C#CCN(CC(=O)Nc1cc(C)no1)[C@H]1CCc2ccccc21. The highest BCUT2D eigenvalue weighted by Gasteiger charge is 2.28. The fourth-order valence-electron chi connectivity index (χ4n) is 3.09. The molecule has 0 saturated carbocycles. The summed E-state index contributed by atoms with van der Waals surface area (Å²) in [6.07, 6.45) is 7.50. The number of terminal acetylenes is 1. The van der Waals surface area contributed by atoms with Crippen molar-refractivity contribution in [1.29, 1.82) is 0 Å². The molecule has 0 spiro atoms. The van der Waals surface area contributed by atoms with Crippen molar-refractivity contribution in [2.45, 2.75) is 25.8 Å². The Kier molecular flexibility index (Phi) is 4.45. The lowest BCUT2D eigenvalue weighted by Crippen LogP contribution is -2.35. The maximum Gasteiger partial charge on any atom is 0.240 e. The quantitative estimate of drug-likeness (QED) is 0.862. The van der Waals surface area contributed by atoms with E-state index in [0.717, 1.165) is 18.5 Å². The molecule has 1 aromatic carbocycles. The summed E-state index contributed by atoms with van der Waals surface area (Å²) in [7, 11) is 0. The lowest BCUT2D eigenvalue weighted by molar-refractivity contribution is -0.117. The Balaban J connectivity index is 1.70. The zero-order valence-electron chi connectivity index (χ0n) is 13.1. The van der Waals surface area contributed by atoms with Gasteiger partial charge in [-0.3, -0.25) is 15.0 Å². The van der Waals surface area contributed by atoms with Crippen molar-refractivity contribution in [3.05, 3.63) is 47.2 Å². The van der Waals surface area contributed by atoms with Crippen LogP contribution in [-0.2, 0) is 11.2 Å². The fraction of sp³-hybridized carbons (Fsp3) is 0.333. The highest BCUT2D eigenvalue weighted by atomic mass is 16.5. The number of nitrogens with one attached hydrogen (secondary N) is 1. The van der Waals surface area contributed by atoms with E-state index in [1.807, 2.05) is 17.0 Å². The summed E-state index contributed by atoms with van der Waals surface area (Å²) in [6.45, 7) is 2.46. The van der Waals surface area contributed by atoms with Gasteiger partial charge in [-0.1, -0.05) is 35.3 Å². The first-order chi connectivity index (χ1) is 11.2. The van der Waals surface area contributed by atoms with Crippen molar-refractivity contribution >= 4 is 11.8 Å². The average molecular weight is 309 g/mol. The normalized spacial score (nSPS) is 16.1. The van der Waals surface area contributed by atoms with Crippen molar-refractivity contribution in [1.82, 2.24) is 10.1 Å². The summed E-state index contributed by atoms with van der Waals surface area (Å²) in [5.41, 5.74) is 3.34. The second-order valence-electron chi connectivity index (χ2n) is 5.74. The highest BCUT2D eigenvalue weighted by Crippen LogP contribution is 2.35. The van der Waals surface area contributed by atoms with Crippen molar-refractivity contribution in [3.8, 4) is 12.3 Å². The molecule has 5 nitrogen and oxygen atoms in total. The molecule has 1 aromatic heterocycles. The molecular formula is C18H19N3O2. The molecule has 3 rings (SSSR count). The van der Waals surface area contributed by atoms with Gasteiger partial charge in [0.15, 0.2) is 0 Å². The van der Waals surface area contributed by atoms with Gasteiger partial charge in [-0.15, -0.1) is 6.42 Å². The minimum absolute atomic E-state index is 0.152. The summed E-state index contributed by atoms with van der Waals surface area (Å²) >= 11 is 0. The predicted molar refractivity (Wildman–Crippen MR) is 87.8 cm³/mol. The maximum absolute atomic E-state index is 12.3. The smallest absolute Gasteiger partial charge is 0.240 e. The monoisotopic (exact) mass is 309 g/mol. The van der Waals surface area contributed by atoms with E-state index in [1.54, 1.807) is 13.0 Å². The van der Waals surface area contributed by atoms with Crippen LogP contribution in [0, 0.1) is 19.3 Å². The Bertz CT molecular complexity index is 745. The number of benzene rings is 1. The first-order valence-corrected chi connectivity index (χ1v) is 7.66. The van der Waals surface area contributed by atoms with Crippen LogP contribution in [0.1, 0.15) is 29.3 Å². The third kappa shape index (κ3) is 3.43. The molecule has 0 radical (unpaired) electrons. The predicted octanol–water partition coefficient (Wildman–Crippen LogP) is 2.54. The lowest BCUT2D eigenvalue weighted by Gasteiger charge is -2.26. The van der Waals surface area contributed by atoms with Crippen molar-refractivity contribution < 1.29 is 9.32 Å². The topological polar surface area (TPSA) is 58.4 Å². The van der Waals surface area contributed by atoms with Gasteiger partial charge in [0.2, 0.25) is 11.8 Å². The summed E-state index contributed by atoms with van der Waals surface area (Å²) in [5, 5.41) is 6.48. The van der Waals surface area contributed by atoms with E-state index >= 15 is 0 Å². The van der Waals surface area contributed by atoms with Crippen LogP contribution in [0.5, 0.6) is 0 Å². The van der Waals surface area contributed by atoms with Crippen LogP contribution in [0.2, 0.25) is 0 Å². The van der Waals surface area contributed by atoms with Crippen molar-refractivity contribution in [3.63, 3.8) is 0 Å². The first kappa shape index (κ1) is 15.3. The molecule has 0 fully saturated rings. The van der Waals surface area contributed by atoms with Crippen LogP contribution >= 0.6 is 0 Å². The van der Waals surface area contributed by atoms with Gasteiger partial charge in [-0.25, -0.2) is 0 Å². The standard InChI is InChI=1S/C18H19N3O2/c1-3-10-21(12-17(22)19-18-11-13(2)20-23-18)16-9-8-14-6-4-5-7-15(14)16/h1,4-7,11,16H,8-10,12H2,2H3,(H,19,22)/t16-/m0/s1. The maximum atomic E-state index is 12.3. The number of nitrogens with zero attached hydrogens (tertiary/aromatic N) is 2. The molecule has 1 N–H and O–H groups in total. The number of hydrogen-bond acceptors (Lipinski definition) is 4. The number of carbonyl (C=O) groups excluding carboxylic acids is 1. The Morgan fingerprint density at radius 2 is 2.35 bits per heavy atom. The summed E-state index contributed by atoms with van der Waals surface area (Å²) in [6, 6.07) is 10.2. The van der Waals surface area contributed by atoms with Gasteiger partial charge in [-0.05, 0) is 30.9 Å². The van der Waals surface area contributed by atoms with E-state index < -0.39 is 0 Å². The number of anilines is 1. The Morgan fingerprint density at radius 3 is 3.09 bits per heavy atom. The zero-order valence-corrected chi connectivity index (χ0v) is 13.1. The Hall–Kier alpha value is -2.58. The van der Waals surface area contributed by atoms with Crippen molar-refractivity contribution in [2.75, 3.05) is 18.4 Å².